The number of nitrogens with zero attached hydrogens (tertiary/aromatic N) is 2. The zero-order valence-corrected chi connectivity index (χ0v) is 13.6. The number of rotatable bonds is 7. The second-order valence-electron chi connectivity index (χ2n) is 5.44. The molecule has 1 aromatic heterocycles. The molecule has 25 heavy (non-hydrogen) atoms. The van der Waals surface area contributed by atoms with Gasteiger partial charge in [0, 0.05) is 12.2 Å². The van der Waals surface area contributed by atoms with E-state index in [0.717, 1.165) is 17.7 Å². The predicted octanol–water partition coefficient (Wildman–Crippen LogP) is 2.87. The first-order valence-corrected chi connectivity index (χ1v) is 7.92. The SMILES string of the molecule is NNc1cnc(NCCc2cccc(O)c2)nc1Nc1ccccc1. The molecule has 0 unspecified atom stereocenters. The van der Waals surface area contributed by atoms with Crippen molar-refractivity contribution in [3.05, 3.63) is 66.4 Å². The maximum Gasteiger partial charge on any atom is 0.224 e. The molecule has 0 spiro atoms. The minimum Gasteiger partial charge on any atom is -0.508 e. The van der Waals surface area contributed by atoms with E-state index in [1.54, 1.807) is 18.3 Å². The van der Waals surface area contributed by atoms with Crippen LogP contribution in [-0.2, 0) is 6.42 Å². The van der Waals surface area contributed by atoms with Crippen LogP contribution < -0.4 is 21.9 Å². The van der Waals surface area contributed by atoms with E-state index in [9.17, 15) is 5.11 Å². The van der Waals surface area contributed by atoms with Gasteiger partial charge in [-0.3, -0.25) is 5.84 Å². The number of para-hydroxylation sites is 1. The molecule has 1 heterocycles. The maximum absolute atomic E-state index is 9.49. The summed E-state index contributed by atoms with van der Waals surface area (Å²) in [5.74, 6) is 6.88. The van der Waals surface area contributed by atoms with Gasteiger partial charge in [0.15, 0.2) is 5.82 Å². The number of nitrogens with one attached hydrogen (secondary N) is 3. The molecule has 0 atom stereocenters. The van der Waals surface area contributed by atoms with Crippen LogP contribution in [0.15, 0.2) is 60.8 Å². The molecule has 0 bridgehead atoms. The van der Waals surface area contributed by atoms with Crippen molar-refractivity contribution in [2.45, 2.75) is 6.42 Å². The van der Waals surface area contributed by atoms with Crippen molar-refractivity contribution >= 4 is 23.1 Å². The van der Waals surface area contributed by atoms with Gasteiger partial charge in [0.25, 0.3) is 0 Å². The molecule has 0 amide bonds. The van der Waals surface area contributed by atoms with Gasteiger partial charge >= 0.3 is 0 Å². The third-order valence-corrected chi connectivity index (χ3v) is 3.59. The molecule has 7 heteroatoms. The minimum atomic E-state index is 0.265. The number of aromatic hydroxyl groups is 1. The van der Waals surface area contributed by atoms with E-state index < -0.39 is 0 Å². The topological polar surface area (TPSA) is 108 Å². The molecule has 0 aliphatic carbocycles. The lowest BCUT2D eigenvalue weighted by Gasteiger charge is -2.12. The Morgan fingerprint density at radius 2 is 1.88 bits per heavy atom. The van der Waals surface area contributed by atoms with Crippen molar-refractivity contribution in [3.63, 3.8) is 0 Å². The molecule has 0 saturated heterocycles. The van der Waals surface area contributed by atoms with Crippen LogP contribution in [-0.4, -0.2) is 21.6 Å². The molecule has 0 aliphatic rings. The molecule has 128 valence electrons. The van der Waals surface area contributed by atoms with Gasteiger partial charge in [0.1, 0.15) is 11.4 Å². The molecule has 0 saturated carbocycles. The van der Waals surface area contributed by atoms with Gasteiger partial charge in [-0.2, -0.15) is 4.98 Å². The zero-order chi connectivity index (χ0) is 17.5. The Balaban J connectivity index is 1.66. The summed E-state index contributed by atoms with van der Waals surface area (Å²) in [7, 11) is 0. The Morgan fingerprint density at radius 1 is 1.04 bits per heavy atom. The number of phenols is 1. The predicted molar refractivity (Wildman–Crippen MR) is 99.9 cm³/mol. The Labute approximate surface area is 145 Å². The molecule has 3 aromatic rings. The van der Waals surface area contributed by atoms with E-state index >= 15 is 0 Å². The van der Waals surface area contributed by atoms with Crippen LogP contribution in [0, 0.1) is 0 Å². The quantitative estimate of drug-likeness (QED) is 0.333. The highest BCUT2D eigenvalue weighted by molar-refractivity contribution is 5.70. The minimum absolute atomic E-state index is 0.265. The standard InChI is InChI=1S/C18H20N6O/c19-24-16-12-21-18(20-10-9-13-5-4-8-15(25)11-13)23-17(16)22-14-6-2-1-3-7-14/h1-8,11-12,24-25H,9-10,19H2,(H2,20,21,22,23). The first kappa shape index (κ1) is 16.5. The van der Waals surface area contributed by atoms with Crippen molar-refractivity contribution < 1.29 is 5.11 Å². The number of phenolic OH excluding ortho intramolecular Hbond substituents is 1. The molecular weight excluding hydrogens is 316 g/mol. The van der Waals surface area contributed by atoms with Crippen LogP contribution in [0.25, 0.3) is 0 Å². The van der Waals surface area contributed by atoms with E-state index in [1.807, 2.05) is 42.5 Å². The van der Waals surface area contributed by atoms with Gasteiger partial charge in [0.2, 0.25) is 5.95 Å². The fraction of sp³-hybridized carbons (Fsp3) is 0.111. The molecule has 2 aromatic carbocycles. The number of nitrogens with two attached hydrogens (primary N) is 1. The van der Waals surface area contributed by atoms with E-state index in [2.05, 4.69) is 26.0 Å². The van der Waals surface area contributed by atoms with Crippen LogP contribution in [0.1, 0.15) is 5.56 Å². The van der Waals surface area contributed by atoms with Gasteiger partial charge in [-0.25, -0.2) is 4.98 Å². The molecule has 6 N–H and O–H groups in total. The van der Waals surface area contributed by atoms with Gasteiger partial charge in [0.05, 0.1) is 6.20 Å². The highest BCUT2D eigenvalue weighted by Gasteiger charge is 2.07. The summed E-state index contributed by atoms with van der Waals surface area (Å²) in [5.41, 5.74) is 5.13. The molecule has 0 aliphatic heterocycles. The van der Waals surface area contributed by atoms with E-state index in [0.29, 0.717) is 24.0 Å². The van der Waals surface area contributed by atoms with E-state index in [-0.39, 0.29) is 5.75 Å². The van der Waals surface area contributed by atoms with Crippen LogP contribution >= 0.6 is 0 Å². The van der Waals surface area contributed by atoms with Gasteiger partial charge in [-0.1, -0.05) is 30.3 Å². The average molecular weight is 336 g/mol. The average Bonchev–Trinajstić information content (AvgIpc) is 2.63. The largest absolute Gasteiger partial charge is 0.508 e. The van der Waals surface area contributed by atoms with Crippen molar-refractivity contribution in [3.8, 4) is 5.75 Å². The number of hydrogen-bond acceptors (Lipinski definition) is 7. The summed E-state index contributed by atoms with van der Waals surface area (Å²) in [5, 5.41) is 15.9. The highest BCUT2D eigenvalue weighted by atomic mass is 16.3. The maximum atomic E-state index is 9.49. The summed E-state index contributed by atoms with van der Waals surface area (Å²) >= 11 is 0. The van der Waals surface area contributed by atoms with Gasteiger partial charge in [-0.05, 0) is 36.2 Å². The van der Waals surface area contributed by atoms with Crippen LogP contribution in [0.2, 0.25) is 0 Å². The monoisotopic (exact) mass is 336 g/mol. The summed E-state index contributed by atoms with van der Waals surface area (Å²) in [6, 6.07) is 16.9. The van der Waals surface area contributed by atoms with Gasteiger partial charge in [-0.15, -0.1) is 0 Å². The van der Waals surface area contributed by atoms with E-state index in [1.165, 1.54) is 0 Å². The third kappa shape index (κ3) is 4.58. The molecule has 7 nitrogen and oxygen atoms in total. The van der Waals surface area contributed by atoms with Crippen molar-refractivity contribution in [2.75, 3.05) is 22.6 Å². The Morgan fingerprint density at radius 3 is 2.64 bits per heavy atom. The first-order chi connectivity index (χ1) is 12.2. The van der Waals surface area contributed by atoms with E-state index in [4.69, 9.17) is 5.84 Å². The second-order valence-corrected chi connectivity index (χ2v) is 5.44. The molecule has 3 rings (SSSR count). The summed E-state index contributed by atoms with van der Waals surface area (Å²) in [6.45, 7) is 0.642. The lowest BCUT2D eigenvalue weighted by Crippen LogP contribution is -2.13. The Kier molecular flexibility index (Phi) is 5.28. The van der Waals surface area contributed by atoms with Crippen molar-refractivity contribution in [1.82, 2.24) is 9.97 Å². The Bertz CT molecular complexity index is 825. The Hall–Kier alpha value is -3.32. The number of hydrazine groups is 1. The summed E-state index contributed by atoms with van der Waals surface area (Å²) < 4.78 is 0. The first-order valence-electron chi connectivity index (χ1n) is 7.92. The smallest absolute Gasteiger partial charge is 0.224 e. The number of nitrogen functional groups attached to an aromatic ring is 1. The fourth-order valence-electron chi connectivity index (χ4n) is 2.36. The lowest BCUT2D eigenvalue weighted by atomic mass is 10.1. The highest BCUT2D eigenvalue weighted by Crippen LogP contribution is 2.23. The van der Waals surface area contributed by atoms with Crippen molar-refractivity contribution in [2.24, 2.45) is 5.84 Å². The van der Waals surface area contributed by atoms with Crippen molar-refractivity contribution in [1.29, 1.82) is 0 Å². The van der Waals surface area contributed by atoms with Crippen LogP contribution in [0.3, 0.4) is 0 Å². The molecule has 0 fully saturated rings. The number of hydrogen-bond donors (Lipinski definition) is 5. The normalized spacial score (nSPS) is 10.3. The summed E-state index contributed by atoms with van der Waals surface area (Å²) in [6.07, 6.45) is 2.37. The number of anilines is 4. The lowest BCUT2D eigenvalue weighted by molar-refractivity contribution is 0.474. The molecular formula is C18H20N6O. The summed E-state index contributed by atoms with van der Waals surface area (Å²) in [4.78, 5) is 8.71. The molecule has 0 radical (unpaired) electrons. The third-order valence-electron chi connectivity index (χ3n) is 3.59. The second kappa shape index (κ2) is 7.98. The van der Waals surface area contributed by atoms with Crippen LogP contribution in [0.5, 0.6) is 5.75 Å². The zero-order valence-electron chi connectivity index (χ0n) is 13.6. The fourth-order valence-corrected chi connectivity index (χ4v) is 2.36. The van der Waals surface area contributed by atoms with Crippen LogP contribution in [0.4, 0.5) is 23.1 Å². The number of aromatic nitrogens is 2. The van der Waals surface area contributed by atoms with Gasteiger partial charge < -0.3 is 21.2 Å². The number of benzene rings is 2.